The lowest BCUT2D eigenvalue weighted by atomic mass is 9.85. The van der Waals surface area contributed by atoms with Crippen molar-refractivity contribution in [2.45, 2.75) is 39.5 Å². The van der Waals surface area contributed by atoms with Crippen molar-refractivity contribution in [2.75, 3.05) is 18.0 Å². The number of anilines is 1. The molecular weight excluding hydrogens is 226 g/mol. The Balaban J connectivity index is 3.15. The first-order valence-electron chi connectivity index (χ1n) is 6.42. The lowest BCUT2D eigenvalue weighted by Gasteiger charge is -2.30. The van der Waals surface area contributed by atoms with Crippen LogP contribution in [0.1, 0.15) is 39.7 Å². The Hall–Kier alpha value is -1.51. The molecule has 1 aromatic rings. The molecule has 18 heavy (non-hydrogen) atoms. The molecule has 0 radical (unpaired) electrons. The number of rotatable bonds is 5. The third-order valence-electron chi connectivity index (χ3n) is 2.87. The van der Waals surface area contributed by atoms with Crippen LogP contribution in [-0.4, -0.2) is 24.2 Å². The summed E-state index contributed by atoms with van der Waals surface area (Å²) < 4.78 is 0. The van der Waals surface area contributed by atoms with E-state index in [2.05, 4.69) is 33.8 Å². The highest BCUT2D eigenvalue weighted by Crippen LogP contribution is 2.31. The zero-order valence-electron chi connectivity index (χ0n) is 11.7. The van der Waals surface area contributed by atoms with Crippen LogP contribution in [0.15, 0.2) is 24.3 Å². The molecule has 0 amide bonds. The minimum Gasteiger partial charge on any atom is -0.480 e. The van der Waals surface area contributed by atoms with Gasteiger partial charge in [-0.2, -0.15) is 0 Å². The molecule has 3 nitrogen and oxygen atoms in total. The minimum absolute atomic E-state index is 0.0150. The molecule has 0 saturated heterocycles. The van der Waals surface area contributed by atoms with Crippen molar-refractivity contribution < 1.29 is 9.90 Å². The molecule has 100 valence electrons. The van der Waals surface area contributed by atoms with E-state index in [9.17, 15) is 4.79 Å². The molecule has 1 N–H and O–H groups in total. The summed E-state index contributed by atoms with van der Waals surface area (Å²) in [4.78, 5) is 12.9. The van der Waals surface area contributed by atoms with E-state index in [1.165, 1.54) is 5.56 Å². The molecule has 0 saturated carbocycles. The average molecular weight is 249 g/mol. The highest BCUT2D eigenvalue weighted by Gasteiger charge is 2.21. The Labute approximate surface area is 109 Å². The Morgan fingerprint density at radius 2 is 1.89 bits per heavy atom. The summed E-state index contributed by atoms with van der Waals surface area (Å²) in [5, 5.41) is 9.02. The maximum atomic E-state index is 11.0. The van der Waals surface area contributed by atoms with Crippen molar-refractivity contribution in [1.29, 1.82) is 0 Å². The van der Waals surface area contributed by atoms with E-state index in [-0.39, 0.29) is 12.0 Å². The number of carboxylic acids is 1. The van der Waals surface area contributed by atoms with Gasteiger partial charge in [-0.3, -0.25) is 4.79 Å². The van der Waals surface area contributed by atoms with Gasteiger partial charge in [0.1, 0.15) is 6.54 Å². The topological polar surface area (TPSA) is 40.5 Å². The Kier molecular flexibility index (Phi) is 4.76. The maximum absolute atomic E-state index is 11.0. The number of carboxylic acid groups (broad SMARTS) is 1. The fourth-order valence-corrected chi connectivity index (χ4v) is 2.10. The highest BCUT2D eigenvalue weighted by atomic mass is 16.4. The number of carbonyl (C=O) groups is 1. The molecule has 0 fully saturated rings. The number of hydrogen-bond donors (Lipinski definition) is 1. The van der Waals surface area contributed by atoms with Gasteiger partial charge in [0.05, 0.1) is 0 Å². The zero-order valence-corrected chi connectivity index (χ0v) is 11.7. The molecule has 0 aliphatic heterocycles. The molecule has 0 atom stereocenters. The summed E-state index contributed by atoms with van der Waals surface area (Å²) in [6.45, 7) is 9.33. The third-order valence-corrected chi connectivity index (χ3v) is 2.87. The van der Waals surface area contributed by atoms with Crippen LogP contribution in [-0.2, 0) is 10.2 Å². The quantitative estimate of drug-likeness (QED) is 0.870. The summed E-state index contributed by atoms with van der Waals surface area (Å²) in [5.74, 6) is -0.785. The van der Waals surface area contributed by atoms with E-state index in [4.69, 9.17) is 5.11 Å². The van der Waals surface area contributed by atoms with Crippen molar-refractivity contribution in [3.05, 3.63) is 29.8 Å². The van der Waals surface area contributed by atoms with Crippen LogP contribution in [0, 0.1) is 0 Å². The van der Waals surface area contributed by atoms with Gasteiger partial charge in [-0.15, -0.1) is 0 Å². The van der Waals surface area contributed by atoms with Crippen LogP contribution >= 0.6 is 0 Å². The van der Waals surface area contributed by atoms with Crippen LogP contribution in [0.5, 0.6) is 0 Å². The van der Waals surface area contributed by atoms with Crippen molar-refractivity contribution in [3.63, 3.8) is 0 Å². The van der Waals surface area contributed by atoms with E-state index < -0.39 is 5.97 Å². The molecule has 0 aliphatic rings. The molecule has 0 heterocycles. The first kappa shape index (κ1) is 14.6. The largest absolute Gasteiger partial charge is 0.480 e. The second kappa shape index (κ2) is 5.89. The average Bonchev–Trinajstić information content (AvgIpc) is 2.27. The molecular formula is C15H23NO2. The number of benzene rings is 1. The Morgan fingerprint density at radius 1 is 1.28 bits per heavy atom. The van der Waals surface area contributed by atoms with Crippen LogP contribution in [0.25, 0.3) is 0 Å². The van der Waals surface area contributed by atoms with Crippen LogP contribution in [0.3, 0.4) is 0 Å². The third kappa shape index (κ3) is 3.76. The summed E-state index contributed by atoms with van der Waals surface area (Å²) in [7, 11) is 0. The summed E-state index contributed by atoms with van der Waals surface area (Å²) in [6.07, 6.45) is 0.936. The molecule has 0 aliphatic carbocycles. The van der Waals surface area contributed by atoms with Crippen LogP contribution in [0.2, 0.25) is 0 Å². The smallest absolute Gasteiger partial charge is 0.323 e. The number of hydrogen-bond acceptors (Lipinski definition) is 2. The second-order valence-electron chi connectivity index (χ2n) is 5.58. The monoisotopic (exact) mass is 249 g/mol. The fraction of sp³-hybridized carbons (Fsp3) is 0.533. The summed E-state index contributed by atoms with van der Waals surface area (Å²) in [6, 6.07) is 8.07. The number of para-hydroxylation sites is 1. The molecule has 0 unspecified atom stereocenters. The summed E-state index contributed by atoms with van der Waals surface area (Å²) >= 11 is 0. The van der Waals surface area contributed by atoms with Gasteiger partial charge in [0.25, 0.3) is 0 Å². The van der Waals surface area contributed by atoms with Gasteiger partial charge in [0.15, 0.2) is 0 Å². The first-order chi connectivity index (χ1) is 8.36. The van der Waals surface area contributed by atoms with Crippen LogP contribution < -0.4 is 4.90 Å². The standard InChI is InChI=1S/C15H23NO2/c1-5-10-16(11-14(17)18)13-9-7-6-8-12(13)15(2,3)4/h6-9H,5,10-11H2,1-4H3,(H,17,18). The molecule has 0 aromatic heterocycles. The predicted molar refractivity (Wildman–Crippen MR) is 75.3 cm³/mol. The van der Waals surface area contributed by atoms with E-state index in [1.807, 2.05) is 23.1 Å². The van der Waals surface area contributed by atoms with Gasteiger partial charge in [-0.1, -0.05) is 45.9 Å². The molecule has 0 spiro atoms. The second-order valence-corrected chi connectivity index (χ2v) is 5.58. The van der Waals surface area contributed by atoms with E-state index in [1.54, 1.807) is 0 Å². The van der Waals surface area contributed by atoms with Gasteiger partial charge in [-0.05, 0) is 23.5 Å². The first-order valence-corrected chi connectivity index (χ1v) is 6.42. The lowest BCUT2D eigenvalue weighted by molar-refractivity contribution is -0.135. The van der Waals surface area contributed by atoms with Crippen molar-refractivity contribution in [1.82, 2.24) is 0 Å². The van der Waals surface area contributed by atoms with E-state index in [0.717, 1.165) is 18.7 Å². The SMILES string of the molecule is CCCN(CC(=O)O)c1ccccc1C(C)(C)C. The Morgan fingerprint density at radius 3 is 2.39 bits per heavy atom. The van der Waals surface area contributed by atoms with Crippen molar-refractivity contribution in [3.8, 4) is 0 Å². The van der Waals surface area contributed by atoms with E-state index in [0.29, 0.717) is 0 Å². The van der Waals surface area contributed by atoms with Gasteiger partial charge in [0.2, 0.25) is 0 Å². The fourth-order valence-electron chi connectivity index (χ4n) is 2.10. The molecule has 0 bridgehead atoms. The van der Waals surface area contributed by atoms with Crippen molar-refractivity contribution >= 4 is 11.7 Å². The zero-order chi connectivity index (χ0) is 13.8. The van der Waals surface area contributed by atoms with Crippen molar-refractivity contribution in [2.24, 2.45) is 0 Å². The molecule has 1 aromatic carbocycles. The van der Waals surface area contributed by atoms with Gasteiger partial charge in [0, 0.05) is 12.2 Å². The molecule has 3 heteroatoms. The number of aliphatic carboxylic acids is 1. The van der Waals surface area contributed by atoms with Crippen LogP contribution in [0.4, 0.5) is 5.69 Å². The number of nitrogens with zero attached hydrogens (tertiary/aromatic N) is 1. The predicted octanol–water partition coefficient (Wildman–Crippen LogP) is 3.29. The maximum Gasteiger partial charge on any atom is 0.323 e. The normalized spacial score (nSPS) is 11.3. The molecule has 1 rings (SSSR count). The van der Waals surface area contributed by atoms with E-state index >= 15 is 0 Å². The summed E-state index contributed by atoms with van der Waals surface area (Å²) in [5.41, 5.74) is 2.25. The van der Waals surface area contributed by atoms with Gasteiger partial charge in [-0.25, -0.2) is 0 Å². The van der Waals surface area contributed by atoms with Gasteiger partial charge >= 0.3 is 5.97 Å². The lowest BCUT2D eigenvalue weighted by Crippen LogP contribution is -2.32. The highest BCUT2D eigenvalue weighted by molar-refractivity contribution is 5.74. The Bertz CT molecular complexity index is 407. The minimum atomic E-state index is -0.785. The van der Waals surface area contributed by atoms with Gasteiger partial charge < -0.3 is 10.0 Å².